The molecule has 1 aromatic heterocycles. The van der Waals surface area contributed by atoms with Gasteiger partial charge in [0.2, 0.25) is 17.4 Å². The summed E-state index contributed by atoms with van der Waals surface area (Å²) in [5, 5.41) is 15.9. The zero-order chi connectivity index (χ0) is 32.5. The highest BCUT2D eigenvalue weighted by atomic mass is 19.1. The third-order valence-electron chi connectivity index (χ3n) is 10.7. The van der Waals surface area contributed by atoms with Crippen LogP contribution >= 0.6 is 0 Å². The molecule has 9 atom stereocenters. The number of fused-ring (bicyclic) bond motifs is 6. The van der Waals surface area contributed by atoms with E-state index in [2.05, 4.69) is 21.7 Å². The standard InChI is InChI=1S/C34H37FN6O5/c1-33(2,3)27(38-29(42)18-8-5-4-6-9-18)31(44)40-16-22-19-12-21(23(35)13-19)25(22)26(40)30(43)41-17-34(14-20(41)15-36)32(45)39-28-24(46-34)10-7-11-37-28/h4-11,19-23,25-27H,12-14,16-17H2,1-3H3,(H,38,42)(H,37,39,45). The molecule has 1 spiro atoms. The van der Waals surface area contributed by atoms with Crippen LogP contribution < -0.4 is 15.4 Å². The van der Waals surface area contributed by atoms with Crippen LogP contribution in [-0.4, -0.2) is 81.4 Å². The number of hydrogen-bond acceptors (Lipinski definition) is 7. The lowest BCUT2D eigenvalue weighted by atomic mass is 9.77. The number of nitrogens with zero attached hydrogens (tertiary/aromatic N) is 4. The van der Waals surface area contributed by atoms with Crippen LogP contribution in [0.15, 0.2) is 48.7 Å². The molecule has 12 heteroatoms. The van der Waals surface area contributed by atoms with Crippen LogP contribution in [0.4, 0.5) is 10.2 Å². The number of benzene rings is 1. The first-order valence-electron chi connectivity index (χ1n) is 15.9. The summed E-state index contributed by atoms with van der Waals surface area (Å²) in [6.07, 6.45) is 1.42. The molecular weight excluding hydrogens is 591 g/mol. The Bertz CT molecular complexity index is 1640. The molecule has 5 aliphatic rings. The second kappa shape index (κ2) is 10.8. The van der Waals surface area contributed by atoms with E-state index in [4.69, 9.17) is 4.74 Å². The maximum atomic E-state index is 15.3. The van der Waals surface area contributed by atoms with Gasteiger partial charge in [-0.1, -0.05) is 39.0 Å². The molecule has 1 aromatic carbocycles. The van der Waals surface area contributed by atoms with E-state index < -0.39 is 70.8 Å². The van der Waals surface area contributed by atoms with Crippen molar-refractivity contribution in [1.82, 2.24) is 20.1 Å². The minimum Gasteiger partial charge on any atom is -0.472 e. The molecule has 7 rings (SSSR count). The van der Waals surface area contributed by atoms with Gasteiger partial charge in [-0.05, 0) is 66.2 Å². The monoisotopic (exact) mass is 628 g/mol. The van der Waals surface area contributed by atoms with E-state index in [1.54, 1.807) is 42.5 Å². The first-order chi connectivity index (χ1) is 21.9. The Hall–Kier alpha value is -4.53. The smallest absolute Gasteiger partial charge is 0.271 e. The predicted octanol–water partition coefficient (Wildman–Crippen LogP) is 2.94. The maximum Gasteiger partial charge on any atom is 0.271 e. The maximum absolute atomic E-state index is 15.3. The van der Waals surface area contributed by atoms with Crippen molar-refractivity contribution >= 4 is 29.4 Å². The Kier molecular flexibility index (Phi) is 7.06. The van der Waals surface area contributed by atoms with Gasteiger partial charge in [0.15, 0.2) is 11.6 Å². The molecule has 240 valence electrons. The lowest BCUT2D eigenvalue weighted by Gasteiger charge is -2.39. The molecule has 2 saturated heterocycles. The lowest BCUT2D eigenvalue weighted by Crippen LogP contribution is -2.60. The highest BCUT2D eigenvalue weighted by Gasteiger charge is 2.65. The van der Waals surface area contributed by atoms with Crippen molar-refractivity contribution in [3.63, 3.8) is 0 Å². The largest absolute Gasteiger partial charge is 0.472 e. The molecule has 2 saturated carbocycles. The van der Waals surface area contributed by atoms with Gasteiger partial charge in [0.05, 0.1) is 12.6 Å². The summed E-state index contributed by atoms with van der Waals surface area (Å²) < 4.78 is 21.5. The van der Waals surface area contributed by atoms with Crippen LogP contribution in [-0.2, 0) is 14.4 Å². The summed E-state index contributed by atoms with van der Waals surface area (Å²) in [5.41, 5.74) is -1.85. The quantitative estimate of drug-likeness (QED) is 0.530. The van der Waals surface area contributed by atoms with Crippen molar-refractivity contribution in [1.29, 1.82) is 5.26 Å². The van der Waals surface area contributed by atoms with Crippen LogP contribution in [0.3, 0.4) is 0 Å². The molecule has 4 amide bonds. The molecular formula is C34H37FN6O5. The number of carbonyl (C=O) groups is 4. The number of nitrogens with one attached hydrogen (secondary N) is 2. The zero-order valence-electron chi connectivity index (χ0n) is 26.0. The van der Waals surface area contributed by atoms with Crippen LogP contribution in [0.2, 0.25) is 0 Å². The number of aromatic nitrogens is 1. The van der Waals surface area contributed by atoms with E-state index in [9.17, 15) is 24.4 Å². The molecule has 2 N–H and O–H groups in total. The molecule has 11 nitrogen and oxygen atoms in total. The van der Waals surface area contributed by atoms with Gasteiger partial charge in [-0.15, -0.1) is 0 Å². The van der Waals surface area contributed by atoms with Crippen molar-refractivity contribution in [2.45, 2.75) is 69.9 Å². The summed E-state index contributed by atoms with van der Waals surface area (Å²) in [6.45, 7) is 5.58. The normalized spacial score (nSPS) is 33.1. The summed E-state index contributed by atoms with van der Waals surface area (Å²) >= 11 is 0. The molecule has 2 aromatic rings. The first-order valence-corrected chi connectivity index (χ1v) is 15.9. The molecule has 0 radical (unpaired) electrons. The average molecular weight is 629 g/mol. The number of alkyl halides is 1. The Balaban J connectivity index is 1.22. The summed E-state index contributed by atoms with van der Waals surface area (Å²) in [5.74, 6) is -2.12. The van der Waals surface area contributed by atoms with Crippen molar-refractivity contribution in [2.75, 3.05) is 18.4 Å². The number of rotatable bonds is 4. The fourth-order valence-electron chi connectivity index (χ4n) is 8.54. The number of carbonyl (C=O) groups excluding carboxylic acids is 4. The van der Waals surface area contributed by atoms with E-state index >= 15 is 4.39 Å². The van der Waals surface area contributed by atoms with Crippen LogP contribution in [0.25, 0.3) is 0 Å². The highest BCUT2D eigenvalue weighted by Crippen LogP contribution is 2.59. The second-order valence-corrected chi connectivity index (χ2v) is 14.4. The van der Waals surface area contributed by atoms with Crippen molar-refractivity contribution in [3.05, 3.63) is 54.2 Å². The number of likely N-dealkylation sites (tertiary alicyclic amines) is 2. The fraction of sp³-hybridized carbons (Fsp3) is 0.529. The van der Waals surface area contributed by atoms with Gasteiger partial charge in [0.25, 0.3) is 11.8 Å². The van der Waals surface area contributed by atoms with Gasteiger partial charge < -0.3 is 25.2 Å². The molecule has 9 unspecified atom stereocenters. The Morgan fingerprint density at radius 2 is 1.89 bits per heavy atom. The van der Waals surface area contributed by atoms with Crippen LogP contribution in [0, 0.1) is 40.4 Å². The fourth-order valence-corrected chi connectivity index (χ4v) is 8.54. The molecule has 2 bridgehead atoms. The molecule has 4 heterocycles. The van der Waals surface area contributed by atoms with Crippen LogP contribution in [0.5, 0.6) is 5.75 Å². The number of halogens is 1. The highest BCUT2D eigenvalue weighted by molar-refractivity contribution is 6.02. The van der Waals surface area contributed by atoms with Crippen molar-refractivity contribution < 1.29 is 28.3 Å². The average Bonchev–Trinajstić information content (AvgIpc) is 3.79. The summed E-state index contributed by atoms with van der Waals surface area (Å²) in [4.78, 5) is 62.9. The third-order valence-corrected chi connectivity index (χ3v) is 10.7. The van der Waals surface area contributed by atoms with Crippen molar-refractivity contribution in [2.24, 2.45) is 29.1 Å². The van der Waals surface area contributed by atoms with Gasteiger partial charge in [-0.25, -0.2) is 9.37 Å². The Morgan fingerprint density at radius 1 is 1.13 bits per heavy atom. The lowest BCUT2D eigenvalue weighted by molar-refractivity contribution is -0.149. The topological polar surface area (TPSA) is 145 Å². The van der Waals surface area contributed by atoms with Crippen LogP contribution in [0.1, 0.15) is 50.4 Å². The first kappa shape index (κ1) is 30.1. The minimum absolute atomic E-state index is 0.0400. The SMILES string of the molecule is CC(C)(C)C(NC(=O)c1ccccc1)C(=O)N1CC2C3CC(F)C(C3)C2C1C(=O)N1CC2(CC1C#N)Oc1cccnc1NC2=O. The molecule has 2 aliphatic carbocycles. The number of nitriles is 1. The molecule has 4 fully saturated rings. The van der Waals surface area contributed by atoms with Crippen molar-refractivity contribution in [3.8, 4) is 11.8 Å². The molecule has 3 aliphatic heterocycles. The zero-order valence-corrected chi connectivity index (χ0v) is 26.0. The van der Waals surface area contributed by atoms with Gasteiger partial charge in [0.1, 0.15) is 24.3 Å². The second-order valence-electron chi connectivity index (χ2n) is 14.4. The van der Waals surface area contributed by atoms with Gasteiger partial charge in [-0.3, -0.25) is 19.2 Å². The van der Waals surface area contributed by atoms with E-state index in [-0.39, 0.29) is 37.2 Å². The minimum atomic E-state index is -1.52. The predicted molar refractivity (Wildman–Crippen MR) is 163 cm³/mol. The van der Waals surface area contributed by atoms with Gasteiger partial charge in [-0.2, -0.15) is 5.26 Å². The Labute approximate surface area is 266 Å². The van der Waals surface area contributed by atoms with E-state index in [0.29, 0.717) is 24.2 Å². The number of hydrogen-bond donors (Lipinski definition) is 2. The van der Waals surface area contributed by atoms with E-state index in [1.165, 1.54) is 16.0 Å². The molecule has 46 heavy (non-hydrogen) atoms. The number of anilines is 1. The summed E-state index contributed by atoms with van der Waals surface area (Å²) in [6, 6.07) is 11.0. The Morgan fingerprint density at radius 3 is 2.61 bits per heavy atom. The number of amides is 4. The summed E-state index contributed by atoms with van der Waals surface area (Å²) in [7, 11) is 0. The van der Waals surface area contributed by atoms with E-state index in [1.807, 2.05) is 20.8 Å². The number of ether oxygens (including phenoxy) is 1. The van der Waals surface area contributed by atoms with E-state index in [0.717, 1.165) is 0 Å². The third kappa shape index (κ3) is 4.70. The van der Waals surface area contributed by atoms with Gasteiger partial charge in [0, 0.05) is 24.7 Å². The number of pyridine rings is 1. The van der Waals surface area contributed by atoms with Gasteiger partial charge >= 0.3 is 0 Å².